The molecule has 0 bridgehead atoms. The summed E-state index contributed by atoms with van der Waals surface area (Å²) >= 11 is 0. The van der Waals surface area contributed by atoms with Crippen molar-refractivity contribution in [2.24, 2.45) is 5.11 Å². The number of aryl methyl sites for hydroxylation is 1. The summed E-state index contributed by atoms with van der Waals surface area (Å²) in [5.74, 6) is 0. The number of urea groups is 1. The Hall–Kier alpha value is -2.20. The monoisotopic (exact) mass is 259 g/mol. The summed E-state index contributed by atoms with van der Waals surface area (Å²) < 4.78 is 0. The molecule has 1 atom stereocenters. The summed E-state index contributed by atoms with van der Waals surface area (Å²) in [7, 11) is 0. The first-order valence-electron chi connectivity index (χ1n) is 6.36. The summed E-state index contributed by atoms with van der Waals surface area (Å²) in [4.78, 5) is 16.7. The van der Waals surface area contributed by atoms with E-state index in [1.165, 1.54) is 0 Å². The molecule has 2 amide bonds. The van der Waals surface area contributed by atoms with Gasteiger partial charge in [0.25, 0.3) is 0 Å². The van der Waals surface area contributed by atoms with Crippen molar-refractivity contribution in [2.75, 3.05) is 18.4 Å². The zero-order chi connectivity index (χ0) is 13.7. The van der Waals surface area contributed by atoms with Gasteiger partial charge in [-0.1, -0.05) is 22.8 Å². The molecule has 0 aliphatic carbocycles. The van der Waals surface area contributed by atoms with E-state index in [4.69, 9.17) is 5.53 Å². The fraction of sp³-hybridized carbons (Fsp3) is 0.462. The number of hydrogen-bond acceptors (Lipinski definition) is 2. The molecule has 1 unspecified atom stereocenters. The molecule has 1 heterocycles. The Labute approximate surface area is 112 Å². The van der Waals surface area contributed by atoms with Crippen LogP contribution in [0.4, 0.5) is 10.5 Å². The maximum atomic E-state index is 12.2. The summed E-state index contributed by atoms with van der Waals surface area (Å²) in [6, 6.07) is 7.56. The Morgan fingerprint density at radius 3 is 2.95 bits per heavy atom. The van der Waals surface area contributed by atoms with Gasteiger partial charge < -0.3 is 10.2 Å². The standard InChI is InChI=1S/C13H17N5O/c1-10-4-6-11(7-5-10)16-13(19)18-8-2-3-12(18)9-15-17-14/h4-7,12H,2-3,8-9H2,1H3,(H,16,19). The van der Waals surface area contributed by atoms with E-state index in [1.807, 2.05) is 31.2 Å². The number of benzene rings is 1. The summed E-state index contributed by atoms with van der Waals surface area (Å²) in [5, 5.41) is 6.43. The summed E-state index contributed by atoms with van der Waals surface area (Å²) in [6.45, 7) is 3.06. The molecule has 6 nitrogen and oxygen atoms in total. The highest BCUT2D eigenvalue weighted by atomic mass is 16.2. The number of carbonyl (C=O) groups is 1. The van der Waals surface area contributed by atoms with E-state index in [1.54, 1.807) is 4.90 Å². The molecule has 1 N–H and O–H groups in total. The lowest BCUT2D eigenvalue weighted by molar-refractivity contribution is 0.208. The van der Waals surface area contributed by atoms with E-state index in [-0.39, 0.29) is 12.1 Å². The molecule has 2 rings (SSSR count). The molecule has 1 fully saturated rings. The second-order valence-corrected chi connectivity index (χ2v) is 4.70. The first kappa shape index (κ1) is 13.2. The number of nitrogens with zero attached hydrogens (tertiary/aromatic N) is 4. The highest BCUT2D eigenvalue weighted by Crippen LogP contribution is 2.19. The Morgan fingerprint density at radius 2 is 2.26 bits per heavy atom. The second-order valence-electron chi connectivity index (χ2n) is 4.70. The van der Waals surface area contributed by atoms with Crippen LogP contribution in [0.25, 0.3) is 10.4 Å². The molecule has 0 spiro atoms. The molecule has 19 heavy (non-hydrogen) atoms. The quantitative estimate of drug-likeness (QED) is 0.504. The van der Waals surface area contributed by atoms with Crippen LogP contribution in [0.5, 0.6) is 0 Å². The number of nitrogens with one attached hydrogen (secondary N) is 1. The van der Waals surface area contributed by atoms with Crippen molar-refractivity contribution in [1.82, 2.24) is 4.90 Å². The number of amides is 2. The molecule has 1 aromatic rings. The van der Waals surface area contributed by atoms with E-state index >= 15 is 0 Å². The van der Waals surface area contributed by atoms with Gasteiger partial charge in [-0.2, -0.15) is 0 Å². The van der Waals surface area contributed by atoms with Crippen LogP contribution in [0.1, 0.15) is 18.4 Å². The number of likely N-dealkylation sites (tertiary alicyclic amines) is 1. The third kappa shape index (κ3) is 3.39. The predicted octanol–water partition coefficient (Wildman–Crippen LogP) is 3.30. The highest BCUT2D eigenvalue weighted by molar-refractivity contribution is 5.89. The van der Waals surface area contributed by atoms with Crippen LogP contribution < -0.4 is 5.32 Å². The van der Waals surface area contributed by atoms with Gasteiger partial charge in [0.15, 0.2) is 0 Å². The molecule has 0 saturated carbocycles. The molecule has 100 valence electrons. The predicted molar refractivity (Wildman–Crippen MR) is 73.9 cm³/mol. The van der Waals surface area contributed by atoms with E-state index in [0.717, 1.165) is 24.1 Å². The van der Waals surface area contributed by atoms with Gasteiger partial charge in [0.2, 0.25) is 0 Å². The Balaban J connectivity index is 1.98. The van der Waals surface area contributed by atoms with Crippen LogP contribution in [-0.4, -0.2) is 30.1 Å². The zero-order valence-corrected chi connectivity index (χ0v) is 10.9. The van der Waals surface area contributed by atoms with Crippen LogP contribution in [-0.2, 0) is 0 Å². The number of rotatable bonds is 3. The van der Waals surface area contributed by atoms with Crippen LogP contribution in [0.2, 0.25) is 0 Å². The Bertz CT molecular complexity index is 492. The van der Waals surface area contributed by atoms with Gasteiger partial charge >= 0.3 is 6.03 Å². The van der Waals surface area contributed by atoms with Gasteiger partial charge in [-0.3, -0.25) is 0 Å². The largest absolute Gasteiger partial charge is 0.322 e. The Morgan fingerprint density at radius 1 is 1.53 bits per heavy atom. The van der Waals surface area contributed by atoms with Gasteiger partial charge in [-0.25, -0.2) is 4.79 Å². The molecule has 1 aliphatic heterocycles. The maximum absolute atomic E-state index is 12.2. The van der Waals surface area contributed by atoms with Crippen molar-refractivity contribution in [3.05, 3.63) is 40.3 Å². The number of carbonyl (C=O) groups excluding carboxylic acids is 1. The van der Waals surface area contributed by atoms with E-state index < -0.39 is 0 Å². The van der Waals surface area contributed by atoms with Gasteiger partial charge in [-0.05, 0) is 37.4 Å². The third-order valence-corrected chi connectivity index (χ3v) is 3.30. The Kier molecular flexibility index (Phi) is 4.26. The topological polar surface area (TPSA) is 81.1 Å². The third-order valence-electron chi connectivity index (χ3n) is 3.30. The van der Waals surface area contributed by atoms with Crippen molar-refractivity contribution in [3.63, 3.8) is 0 Å². The first-order chi connectivity index (χ1) is 9.20. The van der Waals surface area contributed by atoms with Crippen molar-refractivity contribution < 1.29 is 4.79 Å². The average Bonchev–Trinajstić information content (AvgIpc) is 2.87. The molecular weight excluding hydrogens is 242 g/mol. The SMILES string of the molecule is Cc1ccc(NC(=O)N2CCCC2CN=[N+]=[N-])cc1. The minimum atomic E-state index is -0.125. The fourth-order valence-electron chi connectivity index (χ4n) is 2.26. The van der Waals surface area contributed by atoms with Crippen LogP contribution in [0, 0.1) is 6.92 Å². The van der Waals surface area contributed by atoms with Gasteiger partial charge in [0, 0.05) is 29.7 Å². The number of hydrogen-bond donors (Lipinski definition) is 1. The van der Waals surface area contributed by atoms with Gasteiger partial charge in [0.05, 0.1) is 0 Å². The second kappa shape index (κ2) is 6.11. The fourth-order valence-corrected chi connectivity index (χ4v) is 2.26. The molecule has 1 aliphatic rings. The van der Waals surface area contributed by atoms with Crippen LogP contribution in [0.15, 0.2) is 29.4 Å². The normalized spacial score (nSPS) is 17.9. The van der Waals surface area contributed by atoms with E-state index in [9.17, 15) is 4.79 Å². The van der Waals surface area contributed by atoms with Crippen molar-refractivity contribution in [2.45, 2.75) is 25.8 Å². The van der Waals surface area contributed by atoms with Crippen LogP contribution in [0.3, 0.4) is 0 Å². The number of azide groups is 1. The maximum Gasteiger partial charge on any atom is 0.322 e. The first-order valence-corrected chi connectivity index (χ1v) is 6.36. The lowest BCUT2D eigenvalue weighted by Gasteiger charge is -2.23. The van der Waals surface area contributed by atoms with Crippen molar-refractivity contribution in [1.29, 1.82) is 0 Å². The van der Waals surface area contributed by atoms with E-state index in [0.29, 0.717) is 13.1 Å². The lowest BCUT2D eigenvalue weighted by Crippen LogP contribution is -2.40. The average molecular weight is 259 g/mol. The highest BCUT2D eigenvalue weighted by Gasteiger charge is 2.27. The van der Waals surface area contributed by atoms with E-state index in [2.05, 4.69) is 15.3 Å². The number of anilines is 1. The van der Waals surface area contributed by atoms with Gasteiger partial charge in [-0.15, -0.1) is 0 Å². The molecule has 1 aromatic carbocycles. The molecule has 0 aromatic heterocycles. The smallest absolute Gasteiger partial charge is 0.321 e. The van der Waals surface area contributed by atoms with Crippen molar-refractivity contribution in [3.8, 4) is 0 Å². The minimum Gasteiger partial charge on any atom is -0.321 e. The zero-order valence-electron chi connectivity index (χ0n) is 10.9. The molecule has 6 heteroatoms. The minimum absolute atomic E-state index is 0.0151. The van der Waals surface area contributed by atoms with Gasteiger partial charge in [0.1, 0.15) is 0 Å². The van der Waals surface area contributed by atoms with Crippen LogP contribution >= 0.6 is 0 Å². The van der Waals surface area contributed by atoms with Crippen molar-refractivity contribution >= 4 is 11.7 Å². The molecular formula is C13H17N5O. The molecule has 1 saturated heterocycles. The lowest BCUT2D eigenvalue weighted by atomic mass is 10.2. The summed E-state index contributed by atoms with van der Waals surface area (Å²) in [5.41, 5.74) is 10.3. The summed E-state index contributed by atoms with van der Waals surface area (Å²) in [6.07, 6.45) is 1.84. The molecule has 0 radical (unpaired) electrons.